The molecule has 128 valence electrons. The number of amides is 1. The van der Waals surface area contributed by atoms with Crippen LogP contribution in [0.25, 0.3) is 6.08 Å². The van der Waals surface area contributed by atoms with Gasteiger partial charge in [-0.1, -0.05) is 0 Å². The maximum absolute atomic E-state index is 12.1. The van der Waals surface area contributed by atoms with E-state index in [1.807, 2.05) is 26.0 Å². The van der Waals surface area contributed by atoms with E-state index >= 15 is 0 Å². The molecule has 24 heavy (non-hydrogen) atoms. The van der Waals surface area contributed by atoms with Crippen LogP contribution in [0.4, 0.5) is 0 Å². The van der Waals surface area contributed by atoms with Crippen LogP contribution in [0.2, 0.25) is 0 Å². The van der Waals surface area contributed by atoms with Crippen molar-refractivity contribution in [2.45, 2.75) is 26.7 Å². The van der Waals surface area contributed by atoms with Gasteiger partial charge in [0.15, 0.2) is 5.17 Å². The van der Waals surface area contributed by atoms with Crippen molar-refractivity contribution in [3.8, 4) is 0 Å². The minimum absolute atomic E-state index is 0.0509. The molecule has 2 aliphatic rings. The van der Waals surface area contributed by atoms with E-state index in [4.69, 9.17) is 9.15 Å². The molecule has 0 aromatic carbocycles. The van der Waals surface area contributed by atoms with Crippen LogP contribution < -0.4 is 0 Å². The normalized spacial score (nSPS) is 20.6. The predicted molar refractivity (Wildman–Crippen MR) is 92.4 cm³/mol. The summed E-state index contributed by atoms with van der Waals surface area (Å²) in [5.74, 6) is 1.05. The van der Waals surface area contributed by atoms with Crippen molar-refractivity contribution in [3.05, 3.63) is 28.6 Å². The number of nitrogens with zero attached hydrogens (tertiary/aromatic N) is 2. The van der Waals surface area contributed by atoms with E-state index in [-0.39, 0.29) is 17.8 Å². The number of rotatable bonds is 3. The third kappa shape index (κ3) is 3.72. The highest BCUT2D eigenvalue weighted by Crippen LogP contribution is 2.32. The largest absolute Gasteiger partial charge is 0.466 e. The Morgan fingerprint density at radius 3 is 2.83 bits per heavy atom. The molecule has 1 fully saturated rings. The third-order valence-electron chi connectivity index (χ3n) is 4.03. The molecule has 1 aromatic heterocycles. The zero-order valence-electron chi connectivity index (χ0n) is 13.8. The molecule has 2 aliphatic heterocycles. The lowest BCUT2D eigenvalue weighted by Crippen LogP contribution is -2.39. The van der Waals surface area contributed by atoms with Gasteiger partial charge in [0.05, 0.1) is 17.4 Å². The Morgan fingerprint density at radius 1 is 1.46 bits per heavy atom. The van der Waals surface area contributed by atoms with Crippen molar-refractivity contribution in [2.75, 3.05) is 19.7 Å². The number of likely N-dealkylation sites (tertiary alicyclic amines) is 1. The molecular weight excluding hydrogens is 328 g/mol. The number of aliphatic imine (C=N–C) groups is 1. The number of piperidine rings is 1. The lowest BCUT2D eigenvalue weighted by Gasteiger charge is -2.31. The van der Waals surface area contributed by atoms with Crippen molar-refractivity contribution >= 4 is 34.9 Å². The molecule has 0 spiro atoms. The Morgan fingerprint density at radius 2 is 2.21 bits per heavy atom. The first-order valence-electron chi connectivity index (χ1n) is 8.07. The number of amidine groups is 1. The fraction of sp³-hybridized carbons (Fsp3) is 0.471. The molecule has 3 rings (SSSR count). The minimum Gasteiger partial charge on any atom is -0.466 e. The van der Waals surface area contributed by atoms with Crippen molar-refractivity contribution < 1.29 is 18.7 Å². The van der Waals surface area contributed by atoms with Gasteiger partial charge in [-0.25, -0.2) is 0 Å². The van der Waals surface area contributed by atoms with Gasteiger partial charge in [0.25, 0.3) is 5.91 Å². The smallest absolute Gasteiger partial charge is 0.309 e. The molecule has 1 amide bonds. The maximum atomic E-state index is 12.1. The van der Waals surface area contributed by atoms with Gasteiger partial charge in [0.1, 0.15) is 11.5 Å². The Balaban J connectivity index is 1.59. The topological polar surface area (TPSA) is 72.1 Å². The number of carbonyl (C=O) groups excluding carboxylic acids is 2. The average Bonchev–Trinajstić information content (AvgIpc) is 3.14. The molecule has 0 atom stereocenters. The molecule has 0 saturated carbocycles. The quantitative estimate of drug-likeness (QED) is 0.618. The fourth-order valence-corrected chi connectivity index (χ4v) is 3.70. The summed E-state index contributed by atoms with van der Waals surface area (Å²) < 4.78 is 10.6. The van der Waals surface area contributed by atoms with Crippen molar-refractivity contribution in [3.63, 3.8) is 0 Å². The molecule has 0 radical (unpaired) electrons. The van der Waals surface area contributed by atoms with Gasteiger partial charge in [0.2, 0.25) is 0 Å². The molecule has 6 nitrogen and oxygen atoms in total. The summed E-state index contributed by atoms with van der Waals surface area (Å²) in [5, 5.41) is 0.705. The molecule has 1 saturated heterocycles. The number of thioether (sulfide) groups is 1. The molecule has 1 aromatic rings. The summed E-state index contributed by atoms with van der Waals surface area (Å²) in [6.45, 7) is 5.50. The molecule has 0 bridgehead atoms. The highest BCUT2D eigenvalue weighted by Gasteiger charge is 2.31. The number of furan rings is 1. The Labute approximate surface area is 144 Å². The lowest BCUT2D eigenvalue weighted by atomic mass is 9.97. The molecule has 0 unspecified atom stereocenters. The van der Waals surface area contributed by atoms with E-state index in [9.17, 15) is 9.59 Å². The third-order valence-corrected chi connectivity index (χ3v) is 5.07. The summed E-state index contributed by atoms with van der Waals surface area (Å²) in [7, 11) is 0. The monoisotopic (exact) mass is 348 g/mol. The van der Waals surface area contributed by atoms with Crippen LogP contribution in [0.1, 0.15) is 31.3 Å². The molecular formula is C17H20N2O4S. The fourth-order valence-electron chi connectivity index (χ4n) is 2.76. The van der Waals surface area contributed by atoms with Gasteiger partial charge in [-0.2, -0.15) is 4.99 Å². The van der Waals surface area contributed by atoms with Crippen LogP contribution in [-0.4, -0.2) is 41.6 Å². The van der Waals surface area contributed by atoms with E-state index in [2.05, 4.69) is 9.89 Å². The summed E-state index contributed by atoms with van der Waals surface area (Å²) in [4.78, 5) is 30.6. The van der Waals surface area contributed by atoms with Gasteiger partial charge < -0.3 is 14.1 Å². The SMILES string of the molecule is CCOC(=O)C1CCN(C2=NC(=O)/C(=C/c3ccc(C)o3)S2)CC1. The van der Waals surface area contributed by atoms with Crippen LogP contribution >= 0.6 is 11.8 Å². The molecule has 7 heteroatoms. The predicted octanol–water partition coefficient (Wildman–Crippen LogP) is 2.83. The zero-order chi connectivity index (χ0) is 17.1. The lowest BCUT2D eigenvalue weighted by molar-refractivity contribution is -0.149. The number of hydrogen-bond donors (Lipinski definition) is 0. The average molecular weight is 348 g/mol. The zero-order valence-corrected chi connectivity index (χ0v) is 14.6. The first-order chi connectivity index (χ1) is 11.6. The van der Waals surface area contributed by atoms with E-state index in [1.54, 1.807) is 6.08 Å². The van der Waals surface area contributed by atoms with Crippen LogP contribution in [0.15, 0.2) is 26.4 Å². The standard InChI is InChI=1S/C17H20N2O4S/c1-3-22-16(21)12-6-8-19(9-7-12)17-18-15(20)14(24-17)10-13-5-4-11(2)23-13/h4-5,10,12H,3,6-9H2,1-2H3/b14-10-. The van der Waals surface area contributed by atoms with E-state index in [0.717, 1.165) is 18.6 Å². The maximum Gasteiger partial charge on any atom is 0.309 e. The first kappa shape index (κ1) is 16.8. The second-order valence-electron chi connectivity index (χ2n) is 5.77. The van der Waals surface area contributed by atoms with Gasteiger partial charge in [0, 0.05) is 19.2 Å². The number of ether oxygens (including phenoxy) is 1. The van der Waals surface area contributed by atoms with E-state index in [0.29, 0.717) is 35.5 Å². The summed E-state index contributed by atoms with van der Waals surface area (Å²) >= 11 is 1.36. The number of carbonyl (C=O) groups is 2. The highest BCUT2D eigenvalue weighted by molar-refractivity contribution is 8.18. The van der Waals surface area contributed by atoms with Crippen molar-refractivity contribution in [1.29, 1.82) is 0 Å². The number of aryl methyl sites for hydroxylation is 1. The second-order valence-corrected chi connectivity index (χ2v) is 6.78. The number of esters is 1. The van der Waals surface area contributed by atoms with E-state index in [1.165, 1.54) is 11.8 Å². The van der Waals surface area contributed by atoms with E-state index < -0.39 is 0 Å². The summed E-state index contributed by atoms with van der Waals surface area (Å²) in [5.41, 5.74) is 0. The summed E-state index contributed by atoms with van der Waals surface area (Å²) in [6, 6.07) is 3.69. The molecule has 3 heterocycles. The van der Waals surface area contributed by atoms with Crippen LogP contribution in [0.5, 0.6) is 0 Å². The second kappa shape index (κ2) is 7.25. The first-order valence-corrected chi connectivity index (χ1v) is 8.89. The van der Waals surface area contributed by atoms with Gasteiger partial charge >= 0.3 is 5.97 Å². The Hall–Kier alpha value is -2.02. The molecule has 0 aliphatic carbocycles. The van der Waals surface area contributed by atoms with Gasteiger partial charge in [-0.3, -0.25) is 9.59 Å². The Kier molecular flexibility index (Phi) is 5.08. The van der Waals surface area contributed by atoms with Crippen LogP contribution in [0.3, 0.4) is 0 Å². The van der Waals surface area contributed by atoms with Crippen molar-refractivity contribution in [1.82, 2.24) is 4.90 Å². The highest BCUT2D eigenvalue weighted by atomic mass is 32.2. The van der Waals surface area contributed by atoms with Gasteiger partial charge in [-0.05, 0) is 50.6 Å². The van der Waals surface area contributed by atoms with Gasteiger partial charge in [-0.15, -0.1) is 0 Å². The summed E-state index contributed by atoms with van der Waals surface area (Å²) in [6.07, 6.45) is 3.17. The molecule has 0 N–H and O–H groups in total. The number of hydrogen-bond acceptors (Lipinski definition) is 6. The Bertz CT molecular complexity index is 699. The van der Waals surface area contributed by atoms with Crippen LogP contribution in [-0.2, 0) is 14.3 Å². The minimum atomic E-state index is -0.239. The van der Waals surface area contributed by atoms with Crippen LogP contribution in [0, 0.1) is 12.8 Å². The van der Waals surface area contributed by atoms with Crippen molar-refractivity contribution in [2.24, 2.45) is 10.9 Å².